The molecule has 21 heavy (non-hydrogen) atoms. The van der Waals surface area contributed by atoms with E-state index in [1.807, 2.05) is 6.92 Å². The summed E-state index contributed by atoms with van der Waals surface area (Å²) in [4.78, 5) is 0.119. The smallest absolute Gasteiger partial charge is 0.244 e. The van der Waals surface area contributed by atoms with Crippen molar-refractivity contribution in [3.8, 4) is 0 Å². The van der Waals surface area contributed by atoms with E-state index in [-0.39, 0.29) is 16.0 Å². The van der Waals surface area contributed by atoms with Gasteiger partial charge in [0, 0.05) is 24.7 Å². The molecule has 0 heterocycles. The Morgan fingerprint density at radius 3 is 2.48 bits per heavy atom. The molecule has 4 nitrogen and oxygen atoms in total. The van der Waals surface area contributed by atoms with Gasteiger partial charge in [-0.2, -0.15) is 4.31 Å². The van der Waals surface area contributed by atoms with Gasteiger partial charge in [-0.3, -0.25) is 0 Å². The number of nitrogens with one attached hydrogen (secondary N) is 1. The molecule has 0 spiro atoms. The fourth-order valence-electron chi connectivity index (χ4n) is 2.34. The Balaban J connectivity index is 2.41. The third-order valence-corrected chi connectivity index (χ3v) is 6.76. The van der Waals surface area contributed by atoms with E-state index in [1.165, 1.54) is 10.4 Å². The maximum Gasteiger partial charge on any atom is 0.244 e. The second-order valence-corrected chi connectivity index (χ2v) is 8.28. The maximum absolute atomic E-state index is 12.8. The Morgan fingerprint density at radius 2 is 1.95 bits per heavy atom. The van der Waals surface area contributed by atoms with Gasteiger partial charge in [-0.15, -0.1) is 0 Å². The summed E-state index contributed by atoms with van der Waals surface area (Å²) >= 11 is 12.2. The number of nitrogens with zero attached hydrogens (tertiary/aromatic N) is 1. The number of benzene rings is 1. The predicted molar refractivity (Wildman–Crippen MR) is 86.4 cm³/mol. The normalized spacial score (nSPS) is 17.2. The number of hydrogen-bond donors (Lipinski definition) is 1. The number of rotatable bonds is 6. The molecule has 0 saturated heterocycles. The molecule has 0 bridgehead atoms. The average Bonchev–Trinajstić information content (AvgIpc) is 3.24. The fourth-order valence-corrected chi connectivity index (χ4v) is 4.60. The molecule has 1 aromatic carbocycles. The topological polar surface area (TPSA) is 49.4 Å². The minimum absolute atomic E-state index is 0.0190. The molecule has 1 aliphatic rings. The summed E-state index contributed by atoms with van der Waals surface area (Å²) < 4.78 is 27.0. The summed E-state index contributed by atoms with van der Waals surface area (Å²) in [6, 6.07) is 3.04. The second kappa shape index (κ2) is 6.42. The van der Waals surface area contributed by atoms with Gasteiger partial charge >= 0.3 is 0 Å². The van der Waals surface area contributed by atoms with Crippen LogP contribution in [0.15, 0.2) is 17.0 Å². The molecule has 2 rings (SSSR count). The third kappa shape index (κ3) is 3.54. The van der Waals surface area contributed by atoms with E-state index in [4.69, 9.17) is 23.2 Å². The van der Waals surface area contributed by atoms with Crippen LogP contribution >= 0.6 is 23.2 Å². The molecule has 0 amide bonds. The van der Waals surface area contributed by atoms with Crippen LogP contribution in [-0.2, 0) is 16.6 Å². The zero-order valence-electron chi connectivity index (χ0n) is 12.4. The lowest BCUT2D eigenvalue weighted by atomic mass is 10.2. The van der Waals surface area contributed by atoms with Crippen molar-refractivity contribution >= 4 is 33.2 Å². The highest BCUT2D eigenvalue weighted by Gasteiger charge is 2.36. The number of halogens is 2. The van der Waals surface area contributed by atoms with E-state index in [0.717, 1.165) is 18.4 Å². The van der Waals surface area contributed by atoms with Crippen molar-refractivity contribution in [2.75, 3.05) is 14.1 Å². The lowest BCUT2D eigenvalue weighted by Crippen LogP contribution is -2.36. The molecule has 1 N–H and O–H groups in total. The van der Waals surface area contributed by atoms with Gasteiger partial charge in [-0.25, -0.2) is 8.42 Å². The molecule has 118 valence electrons. The molecule has 1 atom stereocenters. The van der Waals surface area contributed by atoms with Gasteiger partial charge in [-0.1, -0.05) is 23.2 Å². The highest BCUT2D eigenvalue weighted by molar-refractivity contribution is 7.89. The molecular weight excluding hydrogens is 331 g/mol. The van der Waals surface area contributed by atoms with Crippen molar-refractivity contribution in [2.24, 2.45) is 5.92 Å². The van der Waals surface area contributed by atoms with Crippen molar-refractivity contribution in [2.45, 2.75) is 37.2 Å². The molecule has 1 aliphatic carbocycles. The van der Waals surface area contributed by atoms with Crippen LogP contribution in [0.2, 0.25) is 10.0 Å². The Kier molecular flexibility index (Phi) is 5.21. The standard InChI is InChI=1S/C14H20Cl2N2O2S/c1-9(10-4-5-10)18(3)21(19,20)14-6-11(8-17-2)12(15)7-13(14)16/h6-7,9-10,17H,4-5,8H2,1-3H3. The molecule has 0 radical (unpaired) electrons. The van der Waals surface area contributed by atoms with Gasteiger partial charge in [0.25, 0.3) is 0 Å². The molecular formula is C14H20Cl2N2O2S. The molecule has 1 fully saturated rings. The van der Waals surface area contributed by atoms with Crippen LogP contribution in [-0.4, -0.2) is 32.9 Å². The van der Waals surface area contributed by atoms with Crippen LogP contribution in [0.5, 0.6) is 0 Å². The van der Waals surface area contributed by atoms with E-state index in [9.17, 15) is 8.42 Å². The van der Waals surface area contributed by atoms with Crippen LogP contribution in [0.25, 0.3) is 0 Å². The monoisotopic (exact) mass is 350 g/mol. The van der Waals surface area contributed by atoms with Crippen molar-refractivity contribution < 1.29 is 8.42 Å². The second-order valence-electron chi connectivity index (χ2n) is 5.50. The maximum atomic E-state index is 12.8. The van der Waals surface area contributed by atoms with Gasteiger partial charge < -0.3 is 5.32 Å². The number of hydrogen-bond acceptors (Lipinski definition) is 3. The number of sulfonamides is 1. The summed E-state index contributed by atoms with van der Waals surface area (Å²) in [5, 5.41) is 3.59. The van der Waals surface area contributed by atoms with Crippen LogP contribution in [0.1, 0.15) is 25.3 Å². The van der Waals surface area contributed by atoms with Crippen molar-refractivity contribution in [3.05, 3.63) is 27.7 Å². The average molecular weight is 351 g/mol. The molecule has 1 saturated carbocycles. The summed E-state index contributed by atoms with van der Waals surface area (Å²) in [6.45, 7) is 2.42. The largest absolute Gasteiger partial charge is 0.316 e. The van der Waals surface area contributed by atoms with Gasteiger partial charge in [0.05, 0.1) is 5.02 Å². The lowest BCUT2D eigenvalue weighted by Gasteiger charge is -2.25. The Hall–Kier alpha value is -0.330. The van der Waals surface area contributed by atoms with Gasteiger partial charge in [-0.05, 0) is 50.4 Å². The quantitative estimate of drug-likeness (QED) is 0.857. The summed E-state index contributed by atoms with van der Waals surface area (Å²) in [7, 11) is -0.226. The molecule has 7 heteroatoms. The first kappa shape index (κ1) is 17.0. The van der Waals surface area contributed by atoms with Crippen LogP contribution < -0.4 is 5.32 Å². The van der Waals surface area contributed by atoms with Crippen molar-refractivity contribution in [1.29, 1.82) is 0 Å². The SMILES string of the molecule is CNCc1cc(S(=O)(=O)N(C)C(C)C2CC2)c(Cl)cc1Cl. The fraction of sp³-hybridized carbons (Fsp3) is 0.571. The van der Waals surface area contributed by atoms with E-state index >= 15 is 0 Å². The van der Waals surface area contributed by atoms with Crippen molar-refractivity contribution in [3.63, 3.8) is 0 Å². The van der Waals surface area contributed by atoms with E-state index in [0.29, 0.717) is 17.5 Å². The summed E-state index contributed by atoms with van der Waals surface area (Å²) in [6.07, 6.45) is 2.17. The minimum Gasteiger partial charge on any atom is -0.316 e. The zero-order chi connectivity index (χ0) is 15.8. The van der Waals surface area contributed by atoms with E-state index in [1.54, 1.807) is 20.2 Å². The minimum atomic E-state index is -3.62. The molecule has 0 aromatic heterocycles. The molecule has 0 aliphatic heterocycles. The summed E-state index contributed by atoms with van der Waals surface area (Å²) in [5.74, 6) is 0.452. The Labute approximate surface area is 136 Å². The Morgan fingerprint density at radius 1 is 1.33 bits per heavy atom. The summed E-state index contributed by atoms with van der Waals surface area (Å²) in [5.41, 5.74) is 0.717. The van der Waals surface area contributed by atoms with Crippen LogP contribution in [0, 0.1) is 5.92 Å². The van der Waals surface area contributed by atoms with Gasteiger partial charge in [0.1, 0.15) is 4.90 Å². The molecule has 1 unspecified atom stereocenters. The lowest BCUT2D eigenvalue weighted by molar-refractivity contribution is 0.357. The highest BCUT2D eigenvalue weighted by atomic mass is 35.5. The Bertz CT molecular complexity index is 630. The first-order valence-electron chi connectivity index (χ1n) is 6.89. The van der Waals surface area contributed by atoms with Gasteiger partial charge in [0.15, 0.2) is 0 Å². The van der Waals surface area contributed by atoms with Crippen LogP contribution in [0.4, 0.5) is 0 Å². The van der Waals surface area contributed by atoms with E-state index < -0.39 is 10.0 Å². The highest BCUT2D eigenvalue weighted by Crippen LogP contribution is 2.38. The van der Waals surface area contributed by atoms with E-state index in [2.05, 4.69) is 5.32 Å². The first-order valence-corrected chi connectivity index (χ1v) is 9.09. The zero-order valence-corrected chi connectivity index (χ0v) is 14.7. The first-order chi connectivity index (χ1) is 9.78. The van der Waals surface area contributed by atoms with Crippen LogP contribution in [0.3, 0.4) is 0 Å². The van der Waals surface area contributed by atoms with Crippen molar-refractivity contribution in [1.82, 2.24) is 9.62 Å². The third-order valence-electron chi connectivity index (χ3n) is 4.00. The van der Waals surface area contributed by atoms with Gasteiger partial charge in [0.2, 0.25) is 10.0 Å². The predicted octanol–water partition coefficient (Wildman–Crippen LogP) is 3.13. The molecule has 1 aromatic rings.